The fourth-order valence-corrected chi connectivity index (χ4v) is 0.782. The van der Waals surface area contributed by atoms with Crippen molar-refractivity contribution in [3.63, 3.8) is 0 Å². The first-order valence-corrected chi connectivity index (χ1v) is 3.25. The molecule has 1 aromatic rings. The van der Waals surface area contributed by atoms with Crippen LogP contribution in [0.15, 0.2) is 24.4 Å². The zero-order valence-corrected chi connectivity index (χ0v) is 7.23. The van der Waals surface area contributed by atoms with Gasteiger partial charge in [0.15, 0.2) is 0 Å². The van der Waals surface area contributed by atoms with E-state index in [9.17, 15) is 4.79 Å². The van der Waals surface area contributed by atoms with E-state index in [1.165, 1.54) is 0 Å². The lowest BCUT2D eigenvalue weighted by molar-refractivity contribution is -0.111. The monoisotopic (exact) mass is 191 g/mol. The first kappa shape index (κ1) is 10.4. The summed E-state index contributed by atoms with van der Waals surface area (Å²) < 4.78 is 0. The Kier molecular flexibility index (Phi) is 4.83. The summed E-state index contributed by atoms with van der Waals surface area (Å²) in [4.78, 5) is 14.3. The maximum atomic E-state index is 10.3. The third-order valence-electron chi connectivity index (χ3n) is 1.05. The molecule has 0 aromatic carbocycles. The number of hydrogen-bond acceptors (Lipinski definition) is 2. The Bertz CT molecular complexity index is 225. The van der Waals surface area contributed by atoms with Crippen molar-refractivity contribution in [1.29, 1.82) is 0 Å². The summed E-state index contributed by atoms with van der Waals surface area (Å²) >= 11 is 5.13. The fraction of sp³-hybridized carbons (Fsp3) is 0.143. The van der Waals surface area contributed by atoms with Crippen LogP contribution in [-0.2, 0) is 11.2 Å². The Morgan fingerprint density at radius 2 is 2.27 bits per heavy atom. The second kappa shape index (κ2) is 5.10. The molecule has 60 valence electrons. The Labute approximate surface area is 76.0 Å². The third kappa shape index (κ3) is 3.96. The van der Waals surface area contributed by atoms with E-state index in [0.29, 0.717) is 5.69 Å². The van der Waals surface area contributed by atoms with Gasteiger partial charge < -0.3 is 0 Å². The second-order valence-electron chi connectivity index (χ2n) is 1.85. The number of pyridine rings is 1. The molecule has 0 fully saturated rings. The minimum atomic E-state index is -0.376. The zero-order valence-electron chi connectivity index (χ0n) is 5.66. The fourth-order valence-electron chi connectivity index (χ4n) is 0.645. The van der Waals surface area contributed by atoms with Crippen molar-refractivity contribution in [2.75, 3.05) is 0 Å². The molecule has 1 rings (SSSR count). The van der Waals surface area contributed by atoms with E-state index in [2.05, 4.69) is 4.98 Å². The predicted octanol–water partition coefficient (Wildman–Crippen LogP) is 1.81. The summed E-state index contributed by atoms with van der Waals surface area (Å²) in [6.07, 6.45) is 1.84. The minimum absolute atomic E-state index is 0. The Morgan fingerprint density at radius 3 is 2.73 bits per heavy atom. The number of carbonyl (C=O) groups is 1. The van der Waals surface area contributed by atoms with Gasteiger partial charge in [-0.15, -0.1) is 12.4 Å². The summed E-state index contributed by atoms with van der Waals surface area (Å²) in [7, 11) is 0. The van der Waals surface area contributed by atoms with Gasteiger partial charge in [0, 0.05) is 11.9 Å². The molecular weight excluding hydrogens is 185 g/mol. The van der Waals surface area contributed by atoms with Crippen LogP contribution < -0.4 is 0 Å². The summed E-state index contributed by atoms with van der Waals surface area (Å²) in [6.45, 7) is 0. The minimum Gasteiger partial charge on any atom is -0.281 e. The average molecular weight is 192 g/mol. The van der Waals surface area contributed by atoms with E-state index >= 15 is 0 Å². The van der Waals surface area contributed by atoms with Crippen molar-refractivity contribution in [3.05, 3.63) is 30.1 Å². The molecule has 0 radical (unpaired) electrons. The third-order valence-corrected chi connectivity index (χ3v) is 1.18. The molecule has 0 atom stereocenters. The largest absolute Gasteiger partial charge is 0.281 e. The molecule has 11 heavy (non-hydrogen) atoms. The molecule has 0 unspecified atom stereocenters. The summed E-state index contributed by atoms with van der Waals surface area (Å²) in [5, 5.41) is -0.376. The second-order valence-corrected chi connectivity index (χ2v) is 2.27. The van der Waals surface area contributed by atoms with Gasteiger partial charge in [-0.2, -0.15) is 0 Å². The van der Waals surface area contributed by atoms with Crippen LogP contribution in [0.4, 0.5) is 0 Å². The number of aromatic nitrogens is 1. The molecule has 1 aromatic heterocycles. The van der Waals surface area contributed by atoms with E-state index in [1.54, 1.807) is 18.3 Å². The lowest BCUT2D eigenvalue weighted by atomic mass is 10.3. The van der Waals surface area contributed by atoms with Gasteiger partial charge in [-0.3, -0.25) is 9.78 Å². The van der Waals surface area contributed by atoms with Gasteiger partial charge >= 0.3 is 0 Å². The smallest absolute Gasteiger partial charge is 0.227 e. The van der Waals surface area contributed by atoms with Crippen molar-refractivity contribution < 1.29 is 4.79 Å². The van der Waals surface area contributed by atoms with E-state index < -0.39 is 0 Å². The SMILES string of the molecule is Cl.O=C(Cl)Cc1ccccn1. The van der Waals surface area contributed by atoms with Crippen LogP contribution in [0.25, 0.3) is 0 Å². The molecule has 0 aliphatic heterocycles. The Hall–Kier alpha value is -0.600. The van der Waals surface area contributed by atoms with Gasteiger partial charge in [0.2, 0.25) is 5.24 Å². The van der Waals surface area contributed by atoms with Gasteiger partial charge in [-0.05, 0) is 23.7 Å². The van der Waals surface area contributed by atoms with E-state index in [4.69, 9.17) is 11.6 Å². The molecule has 0 aliphatic carbocycles. The van der Waals surface area contributed by atoms with E-state index in [1.807, 2.05) is 6.07 Å². The van der Waals surface area contributed by atoms with Crippen molar-refractivity contribution >= 4 is 29.3 Å². The van der Waals surface area contributed by atoms with Crippen LogP contribution >= 0.6 is 24.0 Å². The molecule has 0 aliphatic rings. The number of rotatable bonds is 2. The highest BCUT2D eigenvalue weighted by atomic mass is 35.5. The van der Waals surface area contributed by atoms with Gasteiger partial charge in [0.25, 0.3) is 0 Å². The predicted molar refractivity (Wildman–Crippen MR) is 46.0 cm³/mol. The molecule has 1 heterocycles. The zero-order chi connectivity index (χ0) is 7.40. The van der Waals surface area contributed by atoms with Crippen molar-refractivity contribution in [3.8, 4) is 0 Å². The highest BCUT2D eigenvalue weighted by Gasteiger charge is 1.97. The van der Waals surface area contributed by atoms with Crippen molar-refractivity contribution in [2.45, 2.75) is 6.42 Å². The van der Waals surface area contributed by atoms with E-state index in [0.717, 1.165) is 0 Å². The molecule has 0 saturated heterocycles. The lowest BCUT2D eigenvalue weighted by Gasteiger charge is -1.91. The van der Waals surface area contributed by atoms with Crippen molar-refractivity contribution in [2.24, 2.45) is 0 Å². The van der Waals surface area contributed by atoms with Crippen LogP contribution in [0, 0.1) is 0 Å². The first-order chi connectivity index (χ1) is 4.79. The average Bonchev–Trinajstić information content (AvgIpc) is 1.88. The summed E-state index contributed by atoms with van der Waals surface area (Å²) in [6, 6.07) is 5.38. The van der Waals surface area contributed by atoms with Gasteiger partial charge in [-0.25, -0.2) is 0 Å². The Morgan fingerprint density at radius 1 is 1.55 bits per heavy atom. The molecule has 0 saturated carbocycles. The molecule has 0 amide bonds. The standard InChI is InChI=1S/C7H6ClNO.ClH/c8-7(10)5-6-3-1-2-4-9-6;/h1-4H,5H2;1H. The molecule has 0 bridgehead atoms. The number of halogens is 2. The van der Waals surface area contributed by atoms with Crippen LogP contribution in [0.5, 0.6) is 0 Å². The summed E-state index contributed by atoms with van der Waals surface area (Å²) in [5.74, 6) is 0. The lowest BCUT2D eigenvalue weighted by Crippen LogP contribution is -1.94. The van der Waals surface area contributed by atoms with Crippen LogP contribution in [-0.4, -0.2) is 10.2 Å². The topological polar surface area (TPSA) is 30.0 Å². The van der Waals surface area contributed by atoms with Gasteiger partial charge in [0.05, 0.1) is 6.42 Å². The molecule has 0 spiro atoms. The van der Waals surface area contributed by atoms with E-state index in [-0.39, 0.29) is 24.1 Å². The normalized spacial score (nSPS) is 8.45. The highest BCUT2D eigenvalue weighted by Crippen LogP contribution is 1.96. The van der Waals surface area contributed by atoms with Crippen LogP contribution in [0.3, 0.4) is 0 Å². The molecule has 2 nitrogen and oxygen atoms in total. The van der Waals surface area contributed by atoms with Gasteiger partial charge in [-0.1, -0.05) is 6.07 Å². The first-order valence-electron chi connectivity index (χ1n) is 2.87. The number of nitrogens with zero attached hydrogens (tertiary/aromatic N) is 1. The number of carbonyl (C=O) groups excluding carboxylic acids is 1. The van der Waals surface area contributed by atoms with Crippen LogP contribution in [0.2, 0.25) is 0 Å². The number of hydrogen-bond donors (Lipinski definition) is 0. The molecule has 4 heteroatoms. The molecule has 0 N–H and O–H groups in total. The maximum absolute atomic E-state index is 10.3. The van der Waals surface area contributed by atoms with Gasteiger partial charge in [0.1, 0.15) is 0 Å². The Balaban J connectivity index is 0.000001000. The quantitative estimate of drug-likeness (QED) is 0.668. The van der Waals surface area contributed by atoms with Crippen molar-refractivity contribution in [1.82, 2.24) is 4.98 Å². The molecular formula is C7H7Cl2NO. The van der Waals surface area contributed by atoms with Crippen LogP contribution in [0.1, 0.15) is 5.69 Å². The maximum Gasteiger partial charge on any atom is 0.227 e. The highest BCUT2D eigenvalue weighted by molar-refractivity contribution is 6.63. The summed E-state index contributed by atoms with van der Waals surface area (Å²) in [5.41, 5.74) is 0.711.